The summed E-state index contributed by atoms with van der Waals surface area (Å²) in [6.45, 7) is 5.57. The first-order chi connectivity index (χ1) is 13.1. The van der Waals surface area contributed by atoms with E-state index in [0.717, 1.165) is 70.1 Å². The lowest BCUT2D eigenvalue weighted by atomic mass is 9.95. The van der Waals surface area contributed by atoms with Gasteiger partial charge in [-0.1, -0.05) is 25.5 Å². The number of nitrogens with one attached hydrogen (secondary N) is 1. The number of hydrogen-bond acceptors (Lipinski definition) is 3. The van der Waals surface area contributed by atoms with Gasteiger partial charge in [0.15, 0.2) is 5.96 Å². The van der Waals surface area contributed by atoms with Gasteiger partial charge in [-0.2, -0.15) is 0 Å². The highest BCUT2D eigenvalue weighted by atomic mass is 16.5. The largest absolute Gasteiger partial charge is 0.494 e. The van der Waals surface area contributed by atoms with Gasteiger partial charge in [-0.3, -0.25) is 9.79 Å². The summed E-state index contributed by atoms with van der Waals surface area (Å²) in [5, 5.41) is 3.45. The topological polar surface area (TPSA) is 79.9 Å². The summed E-state index contributed by atoms with van der Waals surface area (Å²) < 4.78 is 5.70. The van der Waals surface area contributed by atoms with Crippen LogP contribution in [0.5, 0.6) is 5.75 Å². The summed E-state index contributed by atoms with van der Waals surface area (Å²) >= 11 is 0. The SMILES string of the molecule is CCCCOc1ccc(CCNC(=NC)N2CCCC(CC(N)=O)C2)cc1. The van der Waals surface area contributed by atoms with E-state index in [2.05, 4.69) is 34.3 Å². The van der Waals surface area contributed by atoms with Gasteiger partial charge in [-0.25, -0.2) is 0 Å². The monoisotopic (exact) mass is 374 g/mol. The maximum Gasteiger partial charge on any atom is 0.217 e. The van der Waals surface area contributed by atoms with E-state index < -0.39 is 0 Å². The van der Waals surface area contributed by atoms with E-state index in [-0.39, 0.29) is 5.91 Å². The molecule has 1 heterocycles. The van der Waals surface area contributed by atoms with Crippen LogP contribution in [0, 0.1) is 5.92 Å². The van der Waals surface area contributed by atoms with Gasteiger partial charge in [-0.05, 0) is 49.3 Å². The van der Waals surface area contributed by atoms with Gasteiger partial charge >= 0.3 is 0 Å². The maximum atomic E-state index is 11.2. The minimum atomic E-state index is -0.216. The highest BCUT2D eigenvalue weighted by molar-refractivity contribution is 5.80. The minimum absolute atomic E-state index is 0.216. The highest BCUT2D eigenvalue weighted by Crippen LogP contribution is 2.19. The van der Waals surface area contributed by atoms with Crippen molar-refractivity contribution in [1.82, 2.24) is 10.2 Å². The zero-order valence-corrected chi connectivity index (χ0v) is 16.7. The second kappa shape index (κ2) is 11.5. The highest BCUT2D eigenvalue weighted by Gasteiger charge is 2.23. The predicted octanol–water partition coefficient (Wildman–Crippen LogP) is 2.57. The van der Waals surface area contributed by atoms with Crippen LogP contribution in [-0.2, 0) is 11.2 Å². The number of piperidine rings is 1. The van der Waals surface area contributed by atoms with Crippen molar-refractivity contribution < 1.29 is 9.53 Å². The van der Waals surface area contributed by atoms with Crippen LogP contribution in [0.15, 0.2) is 29.3 Å². The van der Waals surface area contributed by atoms with E-state index in [1.807, 2.05) is 19.2 Å². The van der Waals surface area contributed by atoms with E-state index >= 15 is 0 Å². The van der Waals surface area contributed by atoms with E-state index in [4.69, 9.17) is 10.5 Å². The lowest BCUT2D eigenvalue weighted by molar-refractivity contribution is -0.119. The van der Waals surface area contributed by atoms with E-state index in [9.17, 15) is 4.79 Å². The first kappa shape index (κ1) is 21.1. The Hall–Kier alpha value is -2.24. The summed E-state index contributed by atoms with van der Waals surface area (Å²) in [6.07, 6.45) is 5.74. The van der Waals surface area contributed by atoms with Crippen molar-refractivity contribution in [3.63, 3.8) is 0 Å². The number of rotatable bonds is 9. The number of nitrogens with two attached hydrogens (primary N) is 1. The molecule has 1 aromatic carbocycles. The number of hydrogen-bond donors (Lipinski definition) is 2. The van der Waals surface area contributed by atoms with Gasteiger partial charge in [0.2, 0.25) is 5.91 Å². The molecular formula is C21H34N4O2. The Morgan fingerprint density at radius 2 is 2.15 bits per heavy atom. The molecule has 1 aliphatic rings. The molecule has 1 amide bonds. The number of aliphatic imine (C=N–C) groups is 1. The van der Waals surface area contributed by atoms with Crippen LogP contribution in [-0.4, -0.2) is 50.1 Å². The molecular weight excluding hydrogens is 340 g/mol. The summed E-state index contributed by atoms with van der Waals surface area (Å²) in [4.78, 5) is 17.8. The molecule has 0 aromatic heterocycles. The molecule has 150 valence electrons. The summed E-state index contributed by atoms with van der Waals surface area (Å²) in [5.74, 6) is 1.95. The fourth-order valence-electron chi connectivity index (χ4n) is 3.45. The summed E-state index contributed by atoms with van der Waals surface area (Å²) in [7, 11) is 1.81. The third-order valence-electron chi connectivity index (χ3n) is 4.91. The lowest BCUT2D eigenvalue weighted by Gasteiger charge is -2.34. The number of amides is 1. The van der Waals surface area contributed by atoms with Crippen molar-refractivity contribution >= 4 is 11.9 Å². The second-order valence-corrected chi connectivity index (χ2v) is 7.19. The zero-order chi connectivity index (χ0) is 19.5. The first-order valence-electron chi connectivity index (χ1n) is 10.1. The van der Waals surface area contributed by atoms with Gasteiger partial charge < -0.3 is 20.7 Å². The number of likely N-dealkylation sites (tertiary alicyclic amines) is 1. The van der Waals surface area contributed by atoms with Crippen LogP contribution in [0.1, 0.15) is 44.6 Å². The van der Waals surface area contributed by atoms with Crippen LogP contribution in [0.25, 0.3) is 0 Å². The van der Waals surface area contributed by atoms with Crippen LogP contribution in [0.3, 0.4) is 0 Å². The van der Waals surface area contributed by atoms with Gasteiger partial charge in [0.05, 0.1) is 6.61 Å². The Labute approximate surface area is 163 Å². The van der Waals surface area contributed by atoms with Gasteiger partial charge in [0.25, 0.3) is 0 Å². The van der Waals surface area contributed by atoms with Crippen molar-refractivity contribution in [1.29, 1.82) is 0 Å². The smallest absolute Gasteiger partial charge is 0.217 e. The van der Waals surface area contributed by atoms with E-state index in [1.165, 1.54) is 5.56 Å². The molecule has 6 heteroatoms. The molecule has 1 saturated heterocycles. The van der Waals surface area contributed by atoms with Gasteiger partial charge in [0.1, 0.15) is 5.75 Å². The lowest BCUT2D eigenvalue weighted by Crippen LogP contribution is -2.47. The average Bonchev–Trinajstić information content (AvgIpc) is 2.66. The van der Waals surface area contributed by atoms with Crippen LogP contribution in [0.4, 0.5) is 0 Å². The average molecular weight is 375 g/mol. The molecule has 6 nitrogen and oxygen atoms in total. The third-order valence-corrected chi connectivity index (χ3v) is 4.91. The third kappa shape index (κ3) is 7.49. The molecule has 0 saturated carbocycles. The number of benzene rings is 1. The van der Waals surface area contributed by atoms with Crippen LogP contribution < -0.4 is 15.8 Å². The fourth-order valence-corrected chi connectivity index (χ4v) is 3.45. The Kier molecular flexibility index (Phi) is 8.95. The van der Waals surface area contributed by atoms with Crippen LogP contribution >= 0.6 is 0 Å². The molecule has 0 bridgehead atoms. The van der Waals surface area contributed by atoms with Gasteiger partial charge in [0, 0.05) is 33.1 Å². The molecule has 1 atom stereocenters. The summed E-state index contributed by atoms with van der Waals surface area (Å²) in [5.41, 5.74) is 6.62. The number of carbonyl (C=O) groups excluding carboxylic acids is 1. The van der Waals surface area contributed by atoms with Crippen molar-refractivity contribution in [2.75, 3.05) is 33.3 Å². The van der Waals surface area contributed by atoms with Crippen molar-refractivity contribution in [2.24, 2.45) is 16.6 Å². The second-order valence-electron chi connectivity index (χ2n) is 7.19. The molecule has 1 unspecified atom stereocenters. The molecule has 0 radical (unpaired) electrons. The van der Waals surface area contributed by atoms with Crippen molar-refractivity contribution in [2.45, 2.75) is 45.4 Å². The van der Waals surface area contributed by atoms with E-state index in [1.54, 1.807) is 0 Å². The summed E-state index contributed by atoms with van der Waals surface area (Å²) in [6, 6.07) is 8.32. The Bertz CT molecular complexity index is 601. The number of unbranched alkanes of at least 4 members (excludes halogenated alkanes) is 1. The predicted molar refractivity (Wildman–Crippen MR) is 110 cm³/mol. The molecule has 2 rings (SSSR count). The van der Waals surface area contributed by atoms with Crippen molar-refractivity contribution in [3.8, 4) is 5.75 Å². The molecule has 1 aromatic rings. The molecule has 0 aliphatic carbocycles. The number of guanidine groups is 1. The Morgan fingerprint density at radius 1 is 1.37 bits per heavy atom. The van der Waals surface area contributed by atoms with E-state index in [0.29, 0.717) is 12.3 Å². The Morgan fingerprint density at radius 3 is 2.81 bits per heavy atom. The van der Waals surface area contributed by atoms with Crippen LogP contribution in [0.2, 0.25) is 0 Å². The maximum absolute atomic E-state index is 11.2. The standard InChI is InChI=1S/C21H34N4O2/c1-3-4-14-27-19-9-7-17(8-10-19)11-12-24-21(23-2)25-13-5-6-18(16-25)15-20(22)26/h7-10,18H,3-6,11-16H2,1-2H3,(H2,22,26)(H,23,24). The molecule has 1 fully saturated rings. The minimum Gasteiger partial charge on any atom is -0.494 e. The number of primary amides is 1. The zero-order valence-electron chi connectivity index (χ0n) is 16.7. The quantitative estimate of drug-likeness (QED) is 0.395. The molecule has 1 aliphatic heterocycles. The number of carbonyl (C=O) groups is 1. The van der Waals surface area contributed by atoms with Gasteiger partial charge in [-0.15, -0.1) is 0 Å². The molecule has 3 N–H and O–H groups in total. The molecule has 27 heavy (non-hydrogen) atoms. The number of nitrogens with zero attached hydrogens (tertiary/aromatic N) is 2. The number of ether oxygens (including phenoxy) is 1. The normalized spacial score (nSPS) is 17.6. The fraction of sp³-hybridized carbons (Fsp3) is 0.619. The van der Waals surface area contributed by atoms with Crippen molar-refractivity contribution in [3.05, 3.63) is 29.8 Å². The first-order valence-corrected chi connectivity index (χ1v) is 10.1. The molecule has 0 spiro atoms. The Balaban J connectivity index is 1.76.